The normalized spacial score (nSPS) is 13.3. The van der Waals surface area contributed by atoms with Gasteiger partial charge in [0.2, 0.25) is 0 Å². The first-order chi connectivity index (χ1) is 25.3. The number of carbonyl (C=O) groups excluding carboxylic acids is 2. The molecule has 0 rings (SSSR count). The molecule has 0 aromatic carbocycles. The fourth-order valence-electron chi connectivity index (χ4n) is 5.65. The molecule has 314 valence electrons. The van der Waals surface area contributed by atoms with E-state index in [2.05, 4.69) is 42.5 Å². The SMILES string of the molecule is CCCCCCCCC=CCCCCCCCC(=O)OC(C(=O)CCCCCCCC=CCCCCCCCC)C(O)CO.O=P(O)(O)OP(=O)(O)O. The van der Waals surface area contributed by atoms with Gasteiger partial charge >= 0.3 is 21.6 Å². The lowest BCUT2D eigenvalue weighted by Gasteiger charge is -2.20. The largest absolute Gasteiger partial charge is 0.478 e. The second-order valence-electron chi connectivity index (χ2n) is 13.9. The first-order valence-electron chi connectivity index (χ1n) is 20.4. The van der Waals surface area contributed by atoms with Gasteiger partial charge in [0.05, 0.1) is 6.61 Å². The molecule has 2 unspecified atom stereocenters. The number of hydrogen-bond donors (Lipinski definition) is 6. The Hall–Kier alpha value is -1.20. The molecule has 14 heteroatoms. The summed E-state index contributed by atoms with van der Waals surface area (Å²) >= 11 is 0. The van der Waals surface area contributed by atoms with Crippen molar-refractivity contribution < 1.29 is 57.6 Å². The highest BCUT2D eigenvalue weighted by atomic mass is 31.3. The first-order valence-corrected chi connectivity index (χ1v) is 23.5. The molecule has 0 amide bonds. The van der Waals surface area contributed by atoms with Crippen LogP contribution in [0, 0.1) is 0 Å². The van der Waals surface area contributed by atoms with E-state index in [9.17, 15) is 28.9 Å². The van der Waals surface area contributed by atoms with Crippen molar-refractivity contribution in [3.05, 3.63) is 24.3 Å². The van der Waals surface area contributed by atoms with Crippen LogP contribution < -0.4 is 0 Å². The Balaban J connectivity index is 0. The smallest absolute Gasteiger partial charge is 0.451 e. The van der Waals surface area contributed by atoms with Gasteiger partial charge in [0.15, 0.2) is 11.9 Å². The van der Waals surface area contributed by atoms with Crippen molar-refractivity contribution in [3.8, 4) is 0 Å². The zero-order valence-corrected chi connectivity index (χ0v) is 34.8. The number of aliphatic hydroxyl groups is 2. The molecule has 0 bridgehead atoms. The van der Waals surface area contributed by atoms with Crippen LogP contribution in [0.1, 0.15) is 194 Å². The Bertz CT molecular complexity index is 988. The predicted octanol–water partition coefficient (Wildman–Crippen LogP) is 10.1. The Morgan fingerprint density at radius 3 is 1.17 bits per heavy atom. The number of phosphoric acid groups is 2. The van der Waals surface area contributed by atoms with E-state index in [-0.39, 0.29) is 18.6 Å². The summed E-state index contributed by atoms with van der Waals surface area (Å²) in [6.45, 7) is 3.91. The van der Waals surface area contributed by atoms with Crippen LogP contribution in [0.3, 0.4) is 0 Å². The van der Waals surface area contributed by atoms with Crippen LogP contribution in [0.2, 0.25) is 0 Å². The van der Waals surface area contributed by atoms with Gasteiger partial charge in [-0.2, -0.15) is 4.31 Å². The number of esters is 1. The maximum atomic E-state index is 12.7. The van der Waals surface area contributed by atoms with Gasteiger partial charge in [-0.15, -0.1) is 0 Å². The van der Waals surface area contributed by atoms with E-state index < -0.39 is 40.4 Å². The van der Waals surface area contributed by atoms with Gasteiger partial charge < -0.3 is 34.5 Å². The molecule has 0 fully saturated rings. The van der Waals surface area contributed by atoms with E-state index in [1.165, 1.54) is 103 Å². The minimum atomic E-state index is -5.05. The van der Waals surface area contributed by atoms with Crippen molar-refractivity contribution in [1.29, 1.82) is 0 Å². The summed E-state index contributed by atoms with van der Waals surface area (Å²) in [7, 11) is -10.1. The molecule has 0 radical (unpaired) electrons. The Morgan fingerprint density at radius 1 is 0.528 bits per heavy atom. The van der Waals surface area contributed by atoms with E-state index >= 15 is 0 Å². The topological polar surface area (TPSA) is 208 Å². The third-order valence-corrected chi connectivity index (χ3v) is 10.4. The molecule has 0 aliphatic rings. The molecule has 0 saturated heterocycles. The third-order valence-electron chi connectivity index (χ3n) is 8.65. The lowest BCUT2D eigenvalue weighted by atomic mass is 10.0. The molecule has 0 saturated carbocycles. The van der Waals surface area contributed by atoms with Gasteiger partial charge in [-0.25, -0.2) is 9.13 Å². The Morgan fingerprint density at radius 2 is 0.849 bits per heavy atom. The van der Waals surface area contributed by atoms with Crippen molar-refractivity contribution in [2.45, 2.75) is 206 Å². The van der Waals surface area contributed by atoms with Crippen LogP contribution in [-0.4, -0.2) is 60.4 Å². The van der Waals surface area contributed by atoms with Gasteiger partial charge in [-0.3, -0.25) is 9.59 Å². The molecule has 2 atom stereocenters. The van der Waals surface area contributed by atoms with Crippen LogP contribution in [0.4, 0.5) is 0 Å². The molecular formula is C39H76O12P2. The van der Waals surface area contributed by atoms with Crippen LogP contribution >= 0.6 is 15.6 Å². The summed E-state index contributed by atoms with van der Waals surface area (Å²) in [5.41, 5.74) is 0. The van der Waals surface area contributed by atoms with Crippen molar-refractivity contribution in [2.75, 3.05) is 6.61 Å². The summed E-state index contributed by atoms with van der Waals surface area (Å²) in [5, 5.41) is 19.5. The lowest BCUT2D eigenvalue weighted by Crippen LogP contribution is -2.40. The molecule has 0 aliphatic carbocycles. The van der Waals surface area contributed by atoms with Crippen LogP contribution in [-0.2, 0) is 27.8 Å². The predicted molar refractivity (Wildman–Crippen MR) is 212 cm³/mol. The third kappa shape index (κ3) is 43.4. The van der Waals surface area contributed by atoms with E-state index in [1.54, 1.807) is 0 Å². The quantitative estimate of drug-likeness (QED) is 0.0151. The standard InChI is InChI=1S/C39H72O5.H4O7P2/c1-3-5-7-9-11-13-15-17-19-21-23-25-27-29-31-33-36(41)39(37(42)35-40)44-38(43)34-32-30-28-26-24-22-20-18-16-14-12-10-8-6-4-2;1-8(2,3)7-9(4,5)6/h17-20,37,39-40,42H,3-16,21-35H2,1-2H3;(H2,1,2,3)(H2,4,5,6). The minimum absolute atomic E-state index is 0.244. The number of rotatable bonds is 36. The highest BCUT2D eigenvalue weighted by molar-refractivity contribution is 7.60. The van der Waals surface area contributed by atoms with E-state index in [0.717, 1.165) is 57.8 Å². The number of carbonyl (C=O) groups is 2. The summed E-state index contributed by atoms with van der Waals surface area (Å²) < 4.78 is 27.6. The summed E-state index contributed by atoms with van der Waals surface area (Å²) in [4.78, 5) is 56.0. The van der Waals surface area contributed by atoms with E-state index in [0.29, 0.717) is 6.42 Å². The second-order valence-corrected chi connectivity index (χ2v) is 16.5. The number of aliphatic hydroxyl groups excluding tert-OH is 2. The van der Waals surface area contributed by atoms with E-state index in [4.69, 9.17) is 24.3 Å². The number of ketones is 1. The highest BCUT2D eigenvalue weighted by Crippen LogP contribution is 2.53. The lowest BCUT2D eigenvalue weighted by molar-refractivity contribution is -0.163. The Labute approximate surface area is 321 Å². The zero-order chi connectivity index (χ0) is 40.1. The first kappa shape index (κ1) is 53.9. The minimum Gasteiger partial charge on any atom is -0.451 e. The van der Waals surface area contributed by atoms with Gasteiger partial charge in [-0.1, -0.05) is 141 Å². The number of ether oxygens (including phenoxy) is 1. The van der Waals surface area contributed by atoms with Crippen molar-refractivity contribution >= 4 is 27.4 Å². The van der Waals surface area contributed by atoms with Gasteiger partial charge in [0, 0.05) is 12.8 Å². The molecule has 0 aliphatic heterocycles. The van der Waals surface area contributed by atoms with Crippen LogP contribution in [0.5, 0.6) is 0 Å². The fraction of sp³-hybridized carbons (Fsp3) is 0.846. The maximum absolute atomic E-state index is 12.7. The molecule has 12 nitrogen and oxygen atoms in total. The number of allylic oxidation sites excluding steroid dienone is 4. The van der Waals surface area contributed by atoms with Crippen LogP contribution in [0.15, 0.2) is 24.3 Å². The molecular weight excluding hydrogens is 722 g/mol. The molecule has 0 aromatic heterocycles. The molecule has 0 spiro atoms. The maximum Gasteiger partial charge on any atom is 0.478 e. The number of unbranched alkanes of at least 4 members (excludes halogenated alkanes) is 22. The van der Waals surface area contributed by atoms with Crippen molar-refractivity contribution in [2.24, 2.45) is 0 Å². The second kappa shape index (κ2) is 37.7. The number of hydrogen-bond acceptors (Lipinski definition) is 8. The summed E-state index contributed by atoms with van der Waals surface area (Å²) in [6, 6.07) is 0. The van der Waals surface area contributed by atoms with Crippen LogP contribution in [0.25, 0.3) is 0 Å². The van der Waals surface area contributed by atoms with Crippen molar-refractivity contribution in [1.82, 2.24) is 0 Å². The summed E-state index contributed by atoms with van der Waals surface area (Å²) in [6.07, 6.45) is 38.0. The van der Waals surface area contributed by atoms with Gasteiger partial charge in [-0.05, 0) is 64.2 Å². The molecule has 0 aromatic rings. The molecule has 6 N–H and O–H groups in total. The van der Waals surface area contributed by atoms with Gasteiger partial charge in [0.25, 0.3) is 0 Å². The highest BCUT2D eigenvalue weighted by Gasteiger charge is 2.30. The monoisotopic (exact) mass is 798 g/mol. The average Bonchev–Trinajstić information content (AvgIpc) is 3.08. The molecule has 0 heterocycles. The fourth-order valence-corrected chi connectivity index (χ4v) is 6.75. The Kier molecular flexibility index (Phi) is 38.4. The van der Waals surface area contributed by atoms with Crippen molar-refractivity contribution in [3.63, 3.8) is 0 Å². The average molecular weight is 799 g/mol. The zero-order valence-electron chi connectivity index (χ0n) is 33.0. The molecule has 53 heavy (non-hydrogen) atoms. The van der Waals surface area contributed by atoms with E-state index in [1.807, 2.05) is 0 Å². The number of Topliss-reactive ketones (excluding diaryl/α,β-unsaturated/α-hetero) is 1. The summed E-state index contributed by atoms with van der Waals surface area (Å²) in [5.74, 6) is -0.750. The van der Waals surface area contributed by atoms with Gasteiger partial charge in [0.1, 0.15) is 6.10 Å².